The van der Waals surface area contributed by atoms with Crippen LogP contribution in [0, 0.1) is 6.92 Å². The number of carbonyl (C=O) groups excluding carboxylic acids is 1. The zero-order valence-electron chi connectivity index (χ0n) is 14.7. The number of rotatable bonds is 4. The summed E-state index contributed by atoms with van der Waals surface area (Å²) in [5.74, 6) is -0.00384. The van der Waals surface area contributed by atoms with Crippen LogP contribution in [0.25, 0.3) is 0 Å². The predicted octanol–water partition coefficient (Wildman–Crippen LogP) is 3.58. The van der Waals surface area contributed by atoms with Crippen molar-refractivity contribution in [1.82, 2.24) is 9.80 Å². The van der Waals surface area contributed by atoms with Crippen molar-refractivity contribution in [2.24, 2.45) is 0 Å². The Labute approximate surface area is 154 Å². The third-order valence-corrected chi connectivity index (χ3v) is 4.93. The van der Waals surface area contributed by atoms with Crippen LogP contribution < -0.4 is 5.32 Å². The van der Waals surface area contributed by atoms with Crippen LogP contribution in [0.15, 0.2) is 48.5 Å². The standard InChI is InChI=1S/C20H24ClN3O/c1-15-8-9-17(21)12-18(15)22-20(25)14-24-11-10-23(2)13-19(24)16-6-4-3-5-7-16/h3-9,12,19H,10-11,13-14H2,1-2H3,(H,22,25). The Bertz CT molecular complexity index is 735. The molecule has 5 heteroatoms. The number of likely N-dealkylation sites (N-methyl/N-ethyl adjacent to an activating group) is 1. The molecule has 0 bridgehead atoms. The summed E-state index contributed by atoms with van der Waals surface area (Å²) in [4.78, 5) is 17.2. The molecule has 4 nitrogen and oxygen atoms in total. The lowest BCUT2D eigenvalue weighted by Crippen LogP contribution is -2.49. The van der Waals surface area contributed by atoms with E-state index in [1.807, 2.05) is 25.1 Å². The van der Waals surface area contributed by atoms with Gasteiger partial charge in [-0.15, -0.1) is 0 Å². The normalized spacial score (nSPS) is 18.9. The topological polar surface area (TPSA) is 35.6 Å². The fraction of sp³-hybridized carbons (Fsp3) is 0.350. The molecule has 1 atom stereocenters. The van der Waals surface area contributed by atoms with Crippen molar-refractivity contribution in [1.29, 1.82) is 0 Å². The highest BCUT2D eigenvalue weighted by molar-refractivity contribution is 6.31. The lowest BCUT2D eigenvalue weighted by Gasteiger charge is -2.40. The molecule has 0 aromatic heterocycles. The van der Waals surface area contributed by atoms with Gasteiger partial charge >= 0.3 is 0 Å². The molecule has 0 radical (unpaired) electrons. The van der Waals surface area contributed by atoms with Crippen LogP contribution in [0.2, 0.25) is 5.02 Å². The van der Waals surface area contributed by atoms with Gasteiger partial charge in [0.1, 0.15) is 0 Å². The molecule has 0 spiro atoms. The van der Waals surface area contributed by atoms with Crippen molar-refractivity contribution in [3.05, 3.63) is 64.7 Å². The average molecular weight is 358 g/mol. The smallest absolute Gasteiger partial charge is 0.238 e. The van der Waals surface area contributed by atoms with Crippen molar-refractivity contribution < 1.29 is 4.79 Å². The minimum Gasteiger partial charge on any atom is -0.325 e. The number of amides is 1. The first kappa shape index (κ1) is 17.9. The highest BCUT2D eigenvalue weighted by Gasteiger charge is 2.28. The third kappa shape index (κ3) is 4.60. The molecule has 1 N–H and O–H groups in total. The molecule has 1 amide bonds. The van der Waals surface area contributed by atoms with Gasteiger partial charge in [0.05, 0.1) is 6.54 Å². The first-order valence-electron chi connectivity index (χ1n) is 8.56. The molecule has 132 valence electrons. The van der Waals surface area contributed by atoms with Gasteiger partial charge in [0.25, 0.3) is 0 Å². The van der Waals surface area contributed by atoms with Crippen molar-refractivity contribution in [3.63, 3.8) is 0 Å². The fourth-order valence-corrected chi connectivity index (χ4v) is 3.41. The summed E-state index contributed by atoms with van der Waals surface area (Å²) in [6.45, 7) is 5.10. The predicted molar refractivity (Wildman–Crippen MR) is 103 cm³/mol. The molecule has 0 aliphatic carbocycles. The molecular weight excluding hydrogens is 334 g/mol. The minimum atomic E-state index is -0.00384. The second kappa shape index (κ2) is 8.00. The molecule has 1 aliphatic rings. The molecule has 0 saturated carbocycles. The third-order valence-electron chi connectivity index (χ3n) is 4.70. The molecule has 1 saturated heterocycles. The van der Waals surface area contributed by atoms with Gasteiger partial charge in [-0.3, -0.25) is 9.69 Å². The van der Waals surface area contributed by atoms with Gasteiger partial charge in [-0.05, 0) is 37.2 Å². The van der Waals surface area contributed by atoms with E-state index in [1.54, 1.807) is 6.07 Å². The second-order valence-corrected chi connectivity index (χ2v) is 7.10. The van der Waals surface area contributed by atoms with Crippen molar-refractivity contribution in [2.45, 2.75) is 13.0 Å². The summed E-state index contributed by atoms with van der Waals surface area (Å²) in [6.07, 6.45) is 0. The molecular formula is C20H24ClN3O. The summed E-state index contributed by atoms with van der Waals surface area (Å²) in [6, 6.07) is 16.2. The molecule has 1 heterocycles. The Kier molecular flexibility index (Phi) is 5.74. The second-order valence-electron chi connectivity index (χ2n) is 6.67. The van der Waals surface area contributed by atoms with Gasteiger partial charge in [0.15, 0.2) is 0 Å². The monoisotopic (exact) mass is 357 g/mol. The summed E-state index contributed by atoms with van der Waals surface area (Å²) in [5, 5.41) is 3.63. The maximum Gasteiger partial charge on any atom is 0.238 e. The summed E-state index contributed by atoms with van der Waals surface area (Å²) in [5.41, 5.74) is 3.04. The zero-order valence-corrected chi connectivity index (χ0v) is 15.5. The van der Waals surface area contributed by atoms with Crippen LogP contribution in [0.4, 0.5) is 5.69 Å². The van der Waals surface area contributed by atoms with Crippen molar-refractivity contribution in [3.8, 4) is 0 Å². The van der Waals surface area contributed by atoms with E-state index in [4.69, 9.17) is 11.6 Å². The number of aryl methyl sites for hydroxylation is 1. The largest absolute Gasteiger partial charge is 0.325 e. The van der Waals surface area contributed by atoms with Crippen molar-refractivity contribution in [2.75, 3.05) is 38.5 Å². The van der Waals surface area contributed by atoms with Crippen LogP contribution in [0.3, 0.4) is 0 Å². The van der Waals surface area contributed by atoms with E-state index in [2.05, 4.69) is 46.4 Å². The summed E-state index contributed by atoms with van der Waals surface area (Å²) < 4.78 is 0. The van der Waals surface area contributed by atoms with Gasteiger partial charge in [-0.25, -0.2) is 0 Å². The lowest BCUT2D eigenvalue weighted by molar-refractivity contribution is -0.118. The molecule has 2 aromatic carbocycles. The van der Waals surface area contributed by atoms with Crippen LogP contribution >= 0.6 is 11.6 Å². The number of carbonyl (C=O) groups is 1. The quantitative estimate of drug-likeness (QED) is 0.908. The molecule has 25 heavy (non-hydrogen) atoms. The summed E-state index contributed by atoms with van der Waals surface area (Å²) in [7, 11) is 2.13. The van der Waals surface area contributed by atoms with Crippen LogP contribution in [0.5, 0.6) is 0 Å². The minimum absolute atomic E-state index is 0.00384. The van der Waals surface area contributed by atoms with Gasteiger partial charge < -0.3 is 10.2 Å². The van der Waals surface area contributed by atoms with E-state index >= 15 is 0 Å². The molecule has 1 aliphatic heterocycles. The first-order chi connectivity index (χ1) is 12.0. The van der Waals surface area contributed by atoms with Gasteiger partial charge in [0, 0.05) is 36.4 Å². The van der Waals surface area contributed by atoms with Crippen LogP contribution in [0.1, 0.15) is 17.2 Å². The van der Waals surface area contributed by atoms with E-state index < -0.39 is 0 Å². The Morgan fingerprint density at radius 3 is 2.72 bits per heavy atom. The molecule has 1 fully saturated rings. The number of piperazine rings is 1. The SMILES string of the molecule is Cc1ccc(Cl)cc1NC(=O)CN1CCN(C)CC1c1ccccc1. The fourth-order valence-electron chi connectivity index (χ4n) is 3.24. The van der Waals surface area contributed by atoms with Gasteiger partial charge in [-0.1, -0.05) is 48.0 Å². The Hall–Kier alpha value is -1.88. The maximum atomic E-state index is 12.6. The number of anilines is 1. The van der Waals surface area contributed by atoms with E-state index in [0.29, 0.717) is 11.6 Å². The molecule has 3 rings (SSSR count). The Morgan fingerprint density at radius 2 is 1.96 bits per heavy atom. The molecule has 1 unspecified atom stereocenters. The maximum absolute atomic E-state index is 12.6. The van der Waals surface area contributed by atoms with Gasteiger partial charge in [0.2, 0.25) is 5.91 Å². The number of hydrogen-bond donors (Lipinski definition) is 1. The number of benzene rings is 2. The van der Waals surface area contributed by atoms with Crippen LogP contribution in [-0.2, 0) is 4.79 Å². The lowest BCUT2D eigenvalue weighted by atomic mass is 10.0. The Balaban J connectivity index is 1.71. The first-order valence-corrected chi connectivity index (χ1v) is 8.94. The number of halogens is 1. The van der Waals surface area contributed by atoms with E-state index in [9.17, 15) is 4.79 Å². The van der Waals surface area contributed by atoms with E-state index in [-0.39, 0.29) is 11.9 Å². The summed E-state index contributed by atoms with van der Waals surface area (Å²) >= 11 is 6.04. The van der Waals surface area contributed by atoms with E-state index in [1.165, 1.54) is 5.56 Å². The number of nitrogens with one attached hydrogen (secondary N) is 1. The van der Waals surface area contributed by atoms with Gasteiger partial charge in [-0.2, -0.15) is 0 Å². The van der Waals surface area contributed by atoms with E-state index in [0.717, 1.165) is 30.9 Å². The number of nitrogens with zero attached hydrogens (tertiary/aromatic N) is 2. The Morgan fingerprint density at radius 1 is 1.20 bits per heavy atom. The van der Waals surface area contributed by atoms with Crippen molar-refractivity contribution >= 4 is 23.2 Å². The molecule has 2 aromatic rings. The number of hydrogen-bond acceptors (Lipinski definition) is 3. The highest BCUT2D eigenvalue weighted by atomic mass is 35.5. The average Bonchev–Trinajstić information content (AvgIpc) is 2.60. The highest BCUT2D eigenvalue weighted by Crippen LogP contribution is 2.25. The zero-order chi connectivity index (χ0) is 17.8. The van der Waals surface area contributed by atoms with Crippen LogP contribution in [-0.4, -0.2) is 48.9 Å².